The summed E-state index contributed by atoms with van der Waals surface area (Å²) in [6.07, 6.45) is 17.8. The molecule has 0 aromatic carbocycles. The Morgan fingerprint density at radius 3 is 1.68 bits per heavy atom. The molecule has 0 aromatic rings. The van der Waals surface area contributed by atoms with Crippen molar-refractivity contribution < 1.29 is 4.79 Å². The van der Waals surface area contributed by atoms with Gasteiger partial charge < -0.3 is 4.90 Å². The maximum Gasteiger partial charge on any atom is 0.225 e. The average molecular weight is 310 g/mol. The van der Waals surface area contributed by atoms with Crippen LogP contribution in [0.4, 0.5) is 0 Å². The molecular weight excluding hydrogens is 270 g/mol. The normalized spacial score (nSPS) is 15.0. The van der Waals surface area contributed by atoms with E-state index < -0.39 is 0 Å². The molecule has 0 spiro atoms. The molecule has 22 heavy (non-hydrogen) atoms. The minimum atomic E-state index is 0.321. The van der Waals surface area contributed by atoms with E-state index in [4.69, 9.17) is 0 Å². The van der Waals surface area contributed by atoms with Gasteiger partial charge in [0.05, 0.1) is 0 Å². The van der Waals surface area contributed by atoms with Crippen LogP contribution in [0.15, 0.2) is 0 Å². The summed E-state index contributed by atoms with van der Waals surface area (Å²) in [6.45, 7) is 6.55. The van der Waals surface area contributed by atoms with Crippen molar-refractivity contribution in [3.8, 4) is 0 Å². The summed E-state index contributed by atoms with van der Waals surface area (Å²) in [5.74, 6) is 0.796. The van der Waals surface area contributed by atoms with Crippen molar-refractivity contribution >= 4 is 5.91 Å². The molecule has 0 aromatic heterocycles. The number of hydrogen-bond donors (Lipinski definition) is 0. The highest BCUT2D eigenvalue weighted by Gasteiger charge is 2.25. The number of unbranched alkanes of at least 4 members (excludes halogenated alkanes) is 8. The number of nitrogens with zero attached hydrogens (tertiary/aromatic N) is 1. The zero-order valence-electron chi connectivity index (χ0n) is 15.2. The van der Waals surface area contributed by atoms with Gasteiger partial charge in [0.25, 0.3) is 0 Å². The fourth-order valence-electron chi connectivity index (χ4n) is 3.58. The first-order valence-corrected chi connectivity index (χ1v) is 10.1. The number of carbonyl (C=O) groups excluding carboxylic acids is 1. The van der Waals surface area contributed by atoms with E-state index >= 15 is 0 Å². The quantitative estimate of drug-likeness (QED) is 0.385. The molecule has 1 heterocycles. The lowest BCUT2D eigenvalue weighted by molar-refractivity contribution is -0.135. The Hall–Kier alpha value is -0.530. The summed E-state index contributed by atoms with van der Waals surface area (Å²) >= 11 is 0. The second-order valence-electron chi connectivity index (χ2n) is 7.14. The summed E-state index contributed by atoms with van der Waals surface area (Å²) in [4.78, 5) is 14.9. The molecule has 2 nitrogen and oxygen atoms in total. The Morgan fingerprint density at radius 1 is 0.773 bits per heavy atom. The van der Waals surface area contributed by atoms with E-state index in [1.807, 2.05) is 0 Å². The van der Waals surface area contributed by atoms with Crippen LogP contribution in [0, 0.1) is 5.92 Å². The summed E-state index contributed by atoms with van der Waals surface area (Å²) in [5, 5.41) is 0. The van der Waals surface area contributed by atoms with Gasteiger partial charge in [0.15, 0.2) is 0 Å². The fourth-order valence-corrected chi connectivity index (χ4v) is 3.58. The molecule has 1 aliphatic rings. The molecule has 0 unspecified atom stereocenters. The smallest absolute Gasteiger partial charge is 0.225 e. The average Bonchev–Trinajstić information content (AvgIpc) is 3.06. The Kier molecular flexibility index (Phi) is 11.5. The molecule has 0 aliphatic carbocycles. The van der Waals surface area contributed by atoms with E-state index in [0.29, 0.717) is 11.8 Å². The van der Waals surface area contributed by atoms with E-state index in [1.165, 1.54) is 77.0 Å². The number of hydrogen-bond acceptors (Lipinski definition) is 1. The van der Waals surface area contributed by atoms with Gasteiger partial charge in [-0.25, -0.2) is 0 Å². The van der Waals surface area contributed by atoms with Gasteiger partial charge in [-0.2, -0.15) is 0 Å². The molecule has 0 saturated carbocycles. The topological polar surface area (TPSA) is 20.3 Å². The Morgan fingerprint density at radius 2 is 1.23 bits per heavy atom. The van der Waals surface area contributed by atoms with Gasteiger partial charge in [-0.05, 0) is 25.7 Å². The SMILES string of the molecule is CCCCCCCC(CCCCCCC)C(=O)N1CCCC1. The van der Waals surface area contributed by atoms with Crippen LogP contribution in [0.25, 0.3) is 0 Å². The van der Waals surface area contributed by atoms with Gasteiger partial charge in [0.1, 0.15) is 0 Å². The summed E-state index contributed by atoms with van der Waals surface area (Å²) in [5.41, 5.74) is 0. The van der Waals surface area contributed by atoms with E-state index in [1.54, 1.807) is 0 Å². The predicted octanol–water partition coefficient (Wildman–Crippen LogP) is 5.95. The van der Waals surface area contributed by atoms with Crippen LogP contribution in [0.1, 0.15) is 104 Å². The lowest BCUT2D eigenvalue weighted by Gasteiger charge is -2.23. The first kappa shape index (κ1) is 19.5. The number of amides is 1. The highest BCUT2D eigenvalue weighted by Crippen LogP contribution is 2.23. The predicted molar refractivity (Wildman–Crippen MR) is 96.1 cm³/mol. The third-order valence-corrected chi connectivity index (χ3v) is 5.08. The standard InChI is InChI=1S/C20H39NO/c1-3-5-7-9-11-15-19(16-12-10-8-6-4-2)20(22)21-17-13-14-18-21/h19H,3-18H2,1-2H3. The van der Waals surface area contributed by atoms with Crippen LogP contribution in [0.2, 0.25) is 0 Å². The maximum absolute atomic E-state index is 12.7. The Labute approximate surface area is 139 Å². The molecule has 1 amide bonds. The fraction of sp³-hybridized carbons (Fsp3) is 0.950. The Bertz CT molecular complexity index is 257. The monoisotopic (exact) mass is 309 g/mol. The summed E-state index contributed by atoms with van der Waals surface area (Å²) in [7, 11) is 0. The summed E-state index contributed by atoms with van der Waals surface area (Å²) < 4.78 is 0. The third-order valence-electron chi connectivity index (χ3n) is 5.08. The highest BCUT2D eigenvalue weighted by molar-refractivity contribution is 5.79. The second-order valence-corrected chi connectivity index (χ2v) is 7.14. The Balaban J connectivity index is 2.29. The van der Waals surface area contributed by atoms with Crippen LogP contribution in [-0.2, 0) is 4.79 Å². The van der Waals surface area contributed by atoms with Crippen LogP contribution in [0.5, 0.6) is 0 Å². The molecule has 0 radical (unpaired) electrons. The first-order chi connectivity index (χ1) is 10.8. The van der Waals surface area contributed by atoms with Crippen molar-refractivity contribution in [1.29, 1.82) is 0 Å². The van der Waals surface area contributed by atoms with Gasteiger partial charge >= 0.3 is 0 Å². The first-order valence-electron chi connectivity index (χ1n) is 10.1. The molecule has 1 fully saturated rings. The van der Waals surface area contributed by atoms with Crippen molar-refractivity contribution in [2.75, 3.05) is 13.1 Å². The molecule has 0 atom stereocenters. The summed E-state index contributed by atoms with van der Waals surface area (Å²) in [6, 6.07) is 0. The molecule has 1 aliphatic heterocycles. The lowest BCUT2D eigenvalue weighted by atomic mass is 9.93. The maximum atomic E-state index is 12.7. The van der Waals surface area contributed by atoms with Gasteiger partial charge in [0.2, 0.25) is 5.91 Å². The van der Waals surface area contributed by atoms with Gasteiger partial charge in [-0.1, -0.05) is 78.1 Å². The molecule has 2 heteroatoms. The zero-order chi connectivity index (χ0) is 16.0. The van der Waals surface area contributed by atoms with E-state index in [0.717, 1.165) is 25.9 Å². The second kappa shape index (κ2) is 13.0. The van der Waals surface area contributed by atoms with Crippen LogP contribution >= 0.6 is 0 Å². The van der Waals surface area contributed by atoms with Crippen molar-refractivity contribution in [2.45, 2.75) is 104 Å². The molecular formula is C20H39NO. The highest BCUT2D eigenvalue weighted by atomic mass is 16.2. The van der Waals surface area contributed by atoms with Gasteiger partial charge in [-0.3, -0.25) is 4.79 Å². The van der Waals surface area contributed by atoms with Crippen LogP contribution in [-0.4, -0.2) is 23.9 Å². The number of rotatable bonds is 13. The van der Waals surface area contributed by atoms with Gasteiger partial charge in [-0.15, -0.1) is 0 Å². The van der Waals surface area contributed by atoms with Crippen LogP contribution in [0.3, 0.4) is 0 Å². The third kappa shape index (κ3) is 8.19. The minimum absolute atomic E-state index is 0.321. The number of likely N-dealkylation sites (tertiary alicyclic amines) is 1. The largest absolute Gasteiger partial charge is 0.342 e. The minimum Gasteiger partial charge on any atom is -0.342 e. The van der Waals surface area contributed by atoms with Crippen molar-refractivity contribution in [1.82, 2.24) is 4.90 Å². The molecule has 1 rings (SSSR count). The number of carbonyl (C=O) groups is 1. The molecule has 0 bridgehead atoms. The molecule has 0 N–H and O–H groups in total. The van der Waals surface area contributed by atoms with Crippen LogP contribution < -0.4 is 0 Å². The van der Waals surface area contributed by atoms with E-state index in [9.17, 15) is 4.79 Å². The van der Waals surface area contributed by atoms with Crippen molar-refractivity contribution in [2.24, 2.45) is 5.92 Å². The van der Waals surface area contributed by atoms with Gasteiger partial charge in [0, 0.05) is 19.0 Å². The van der Waals surface area contributed by atoms with Crippen molar-refractivity contribution in [3.05, 3.63) is 0 Å². The zero-order valence-corrected chi connectivity index (χ0v) is 15.2. The molecule has 130 valence electrons. The lowest BCUT2D eigenvalue weighted by Crippen LogP contribution is -2.33. The van der Waals surface area contributed by atoms with E-state index in [2.05, 4.69) is 18.7 Å². The van der Waals surface area contributed by atoms with Crippen molar-refractivity contribution in [3.63, 3.8) is 0 Å². The molecule has 1 saturated heterocycles. The van der Waals surface area contributed by atoms with E-state index in [-0.39, 0.29) is 0 Å².